The molecule has 0 spiro atoms. The summed E-state index contributed by atoms with van der Waals surface area (Å²) in [6, 6.07) is 11.4. The van der Waals surface area contributed by atoms with Crippen LogP contribution in [0.4, 0.5) is 11.4 Å². The predicted molar refractivity (Wildman–Crippen MR) is 96.7 cm³/mol. The van der Waals surface area contributed by atoms with Crippen molar-refractivity contribution >= 4 is 23.2 Å². The Morgan fingerprint density at radius 2 is 1.88 bits per heavy atom. The number of carbonyl (C=O) groups is 2. The fraction of sp³-hybridized carbons (Fsp3) is 0.263. The molecule has 7 nitrogen and oxygen atoms in total. The molecule has 0 aromatic heterocycles. The molecule has 7 heteroatoms. The van der Waals surface area contributed by atoms with Crippen molar-refractivity contribution in [3.8, 4) is 17.2 Å². The van der Waals surface area contributed by atoms with Crippen molar-refractivity contribution in [2.24, 2.45) is 5.92 Å². The van der Waals surface area contributed by atoms with Crippen LogP contribution in [-0.4, -0.2) is 37.7 Å². The molecule has 1 fully saturated rings. The number of rotatable bonds is 5. The smallest absolute Gasteiger partial charge is 0.229 e. The average molecular weight is 356 g/mol. The van der Waals surface area contributed by atoms with Gasteiger partial charge in [-0.2, -0.15) is 0 Å². The first-order valence-electron chi connectivity index (χ1n) is 8.14. The maximum atomic E-state index is 12.5. The lowest BCUT2D eigenvalue weighted by Crippen LogP contribution is -2.28. The van der Waals surface area contributed by atoms with E-state index in [9.17, 15) is 14.7 Å². The Morgan fingerprint density at radius 1 is 1.15 bits per heavy atom. The van der Waals surface area contributed by atoms with Crippen molar-refractivity contribution in [1.82, 2.24) is 0 Å². The molecule has 0 unspecified atom stereocenters. The lowest BCUT2D eigenvalue weighted by molar-refractivity contribution is -0.122. The second-order valence-corrected chi connectivity index (χ2v) is 5.98. The van der Waals surface area contributed by atoms with E-state index < -0.39 is 5.92 Å². The molecule has 0 bridgehead atoms. The van der Waals surface area contributed by atoms with Crippen LogP contribution in [0.5, 0.6) is 17.2 Å². The molecule has 0 aliphatic carbocycles. The third-order valence-electron chi connectivity index (χ3n) is 4.31. The monoisotopic (exact) mass is 356 g/mol. The van der Waals surface area contributed by atoms with Gasteiger partial charge < -0.3 is 24.8 Å². The Morgan fingerprint density at radius 3 is 2.54 bits per heavy atom. The third kappa shape index (κ3) is 3.56. The molecule has 3 rings (SSSR count). The number of methoxy groups -OCH3 is 2. The van der Waals surface area contributed by atoms with Crippen molar-refractivity contribution < 1.29 is 24.2 Å². The average Bonchev–Trinajstić information content (AvgIpc) is 3.04. The molecule has 26 heavy (non-hydrogen) atoms. The number of aromatic hydroxyl groups is 1. The fourth-order valence-electron chi connectivity index (χ4n) is 2.91. The van der Waals surface area contributed by atoms with E-state index in [2.05, 4.69) is 5.32 Å². The number of amides is 2. The number of ether oxygens (including phenoxy) is 2. The lowest BCUT2D eigenvalue weighted by Gasteiger charge is -2.20. The number of hydrogen-bond acceptors (Lipinski definition) is 5. The molecule has 1 aliphatic rings. The predicted octanol–water partition coefficient (Wildman–Crippen LogP) is 2.40. The first-order valence-corrected chi connectivity index (χ1v) is 8.14. The van der Waals surface area contributed by atoms with Crippen LogP contribution in [0.15, 0.2) is 42.5 Å². The normalized spacial score (nSPS) is 16.5. The van der Waals surface area contributed by atoms with Gasteiger partial charge in [0.05, 0.1) is 25.8 Å². The summed E-state index contributed by atoms with van der Waals surface area (Å²) in [6.07, 6.45) is 0.124. The summed E-state index contributed by atoms with van der Waals surface area (Å²) in [5.74, 6) is 0.412. The van der Waals surface area contributed by atoms with Gasteiger partial charge in [0, 0.05) is 24.7 Å². The van der Waals surface area contributed by atoms with Crippen molar-refractivity contribution in [2.75, 3.05) is 31.0 Å². The van der Waals surface area contributed by atoms with Crippen LogP contribution in [0.25, 0.3) is 0 Å². The number of anilines is 2. The van der Waals surface area contributed by atoms with E-state index in [-0.39, 0.29) is 30.5 Å². The maximum Gasteiger partial charge on any atom is 0.229 e. The number of phenols is 1. The largest absolute Gasteiger partial charge is 0.508 e. The van der Waals surface area contributed by atoms with Gasteiger partial charge in [-0.1, -0.05) is 0 Å². The maximum absolute atomic E-state index is 12.5. The lowest BCUT2D eigenvalue weighted by atomic mass is 10.1. The van der Waals surface area contributed by atoms with E-state index in [1.807, 2.05) is 0 Å². The van der Waals surface area contributed by atoms with E-state index in [1.165, 1.54) is 19.2 Å². The van der Waals surface area contributed by atoms with Gasteiger partial charge in [0.15, 0.2) is 0 Å². The van der Waals surface area contributed by atoms with Crippen LogP contribution in [0, 0.1) is 5.92 Å². The summed E-state index contributed by atoms with van der Waals surface area (Å²) in [5, 5.41) is 12.1. The molecule has 2 N–H and O–H groups in total. The van der Waals surface area contributed by atoms with E-state index >= 15 is 0 Å². The highest BCUT2D eigenvalue weighted by Crippen LogP contribution is 2.36. The van der Waals surface area contributed by atoms with Gasteiger partial charge in [0.25, 0.3) is 0 Å². The van der Waals surface area contributed by atoms with Crippen molar-refractivity contribution in [1.29, 1.82) is 0 Å². The van der Waals surface area contributed by atoms with Crippen LogP contribution in [-0.2, 0) is 9.59 Å². The second kappa shape index (κ2) is 7.35. The number of phenolic OH excluding ortho intramolecular Hbond substituents is 1. The highest BCUT2D eigenvalue weighted by Gasteiger charge is 2.36. The zero-order chi connectivity index (χ0) is 18.7. The minimum Gasteiger partial charge on any atom is -0.508 e. The number of carbonyl (C=O) groups excluding carboxylic acids is 2. The Labute approximate surface area is 151 Å². The van der Waals surface area contributed by atoms with Gasteiger partial charge in [0.1, 0.15) is 17.2 Å². The third-order valence-corrected chi connectivity index (χ3v) is 4.31. The van der Waals surface area contributed by atoms with Crippen LogP contribution < -0.4 is 19.7 Å². The number of hydrogen-bond donors (Lipinski definition) is 2. The van der Waals surface area contributed by atoms with E-state index in [1.54, 1.807) is 42.3 Å². The zero-order valence-corrected chi connectivity index (χ0v) is 14.6. The minimum absolute atomic E-state index is 0.122. The first-order chi connectivity index (χ1) is 12.5. The second-order valence-electron chi connectivity index (χ2n) is 5.98. The van der Waals surface area contributed by atoms with Crippen molar-refractivity contribution in [3.05, 3.63) is 42.5 Å². The van der Waals surface area contributed by atoms with Gasteiger partial charge in [-0.15, -0.1) is 0 Å². The van der Waals surface area contributed by atoms with Crippen LogP contribution in [0.1, 0.15) is 6.42 Å². The molecule has 2 aromatic carbocycles. The molecule has 1 saturated heterocycles. The minimum atomic E-state index is -0.469. The molecule has 1 aliphatic heterocycles. The summed E-state index contributed by atoms with van der Waals surface area (Å²) >= 11 is 0. The molecule has 0 radical (unpaired) electrons. The molecular formula is C19H20N2O5. The zero-order valence-electron chi connectivity index (χ0n) is 14.6. The highest BCUT2D eigenvalue weighted by molar-refractivity contribution is 6.04. The highest BCUT2D eigenvalue weighted by atomic mass is 16.5. The van der Waals surface area contributed by atoms with E-state index in [0.29, 0.717) is 22.9 Å². The Balaban J connectivity index is 1.74. The molecule has 136 valence electrons. The van der Waals surface area contributed by atoms with Crippen LogP contribution in [0.2, 0.25) is 0 Å². The van der Waals surface area contributed by atoms with Gasteiger partial charge in [0.2, 0.25) is 11.8 Å². The van der Waals surface area contributed by atoms with Crippen molar-refractivity contribution in [3.63, 3.8) is 0 Å². The summed E-state index contributed by atoms with van der Waals surface area (Å²) < 4.78 is 10.5. The van der Waals surface area contributed by atoms with Gasteiger partial charge >= 0.3 is 0 Å². The van der Waals surface area contributed by atoms with Crippen LogP contribution >= 0.6 is 0 Å². The summed E-state index contributed by atoms with van der Waals surface area (Å²) in [6.45, 7) is 0.269. The molecule has 2 amide bonds. The summed E-state index contributed by atoms with van der Waals surface area (Å²) in [4.78, 5) is 26.5. The molecule has 0 saturated carbocycles. The SMILES string of the molecule is COc1ccc(N2C[C@H](C(=O)Nc3ccc(O)cc3)CC2=O)c(OC)c1. The molecule has 2 aromatic rings. The number of nitrogens with zero attached hydrogens (tertiary/aromatic N) is 1. The topological polar surface area (TPSA) is 88.1 Å². The van der Waals surface area contributed by atoms with Gasteiger partial charge in [-0.3, -0.25) is 9.59 Å². The summed E-state index contributed by atoms with van der Waals surface area (Å²) in [5.41, 5.74) is 1.18. The van der Waals surface area contributed by atoms with Gasteiger partial charge in [-0.25, -0.2) is 0 Å². The van der Waals surface area contributed by atoms with Gasteiger partial charge in [-0.05, 0) is 36.4 Å². The Bertz CT molecular complexity index is 819. The molecular weight excluding hydrogens is 336 g/mol. The number of benzene rings is 2. The fourth-order valence-corrected chi connectivity index (χ4v) is 2.91. The van der Waals surface area contributed by atoms with E-state index in [0.717, 1.165) is 0 Å². The van der Waals surface area contributed by atoms with Crippen LogP contribution in [0.3, 0.4) is 0 Å². The summed E-state index contributed by atoms with van der Waals surface area (Å²) in [7, 11) is 3.08. The van der Waals surface area contributed by atoms with Crippen molar-refractivity contribution in [2.45, 2.75) is 6.42 Å². The molecule has 1 heterocycles. The standard InChI is InChI=1S/C19H20N2O5/c1-25-15-7-8-16(17(10-15)26-2)21-11-12(9-18(21)23)19(24)20-13-3-5-14(22)6-4-13/h3-8,10,12,22H,9,11H2,1-2H3,(H,20,24)/t12-/m1/s1. The number of nitrogens with one attached hydrogen (secondary N) is 1. The quantitative estimate of drug-likeness (QED) is 0.803. The Kier molecular flexibility index (Phi) is 4.97. The Hall–Kier alpha value is -3.22. The van der Waals surface area contributed by atoms with E-state index in [4.69, 9.17) is 9.47 Å². The molecule has 1 atom stereocenters. The first kappa shape index (κ1) is 17.6.